The van der Waals surface area contributed by atoms with Gasteiger partial charge in [0.2, 0.25) is 12.3 Å². The van der Waals surface area contributed by atoms with Crippen LogP contribution in [0.5, 0.6) is 0 Å². The van der Waals surface area contributed by atoms with Crippen LogP contribution in [0.25, 0.3) is 0 Å². The van der Waals surface area contributed by atoms with E-state index in [0.29, 0.717) is 5.56 Å². The molecular formula is C14H11ClFNO3. The highest BCUT2D eigenvalue weighted by Gasteiger charge is 2.14. The van der Waals surface area contributed by atoms with Crippen LogP contribution in [0.2, 0.25) is 0 Å². The van der Waals surface area contributed by atoms with Crippen molar-refractivity contribution in [1.82, 2.24) is 0 Å². The first-order valence-electron chi connectivity index (χ1n) is 5.57. The zero-order chi connectivity index (χ0) is 13.8. The number of Topliss-reactive ketones (excluding diaryl/α,β-unsaturated/α-hetero) is 1. The summed E-state index contributed by atoms with van der Waals surface area (Å²) < 4.78 is 14.2. The fourth-order valence-electron chi connectivity index (χ4n) is 1.64. The van der Waals surface area contributed by atoms with E-state index in [2.05, 4.69) is 0 Å². The van der Waals surface area contributed by atoms with E-state index in [1.807, 2.05) is 0 Å². The largest absolute Gasteiger partial charge is 1.00 e. The van der Waals surface area contributed by atoms with E-state index in [1.54, 1.807) is 12.3 Å². The van der Waals surface area contributed by atoms with E-state index in [9.17, 15) is 14.0 Å². The first kappa shape index (κ1) is 15.8. The van der Waals surface area contributed by atoms with Crippen LogP contribution < -0.4 is 17.0 Å². The summed E-state index contributed by atoms with van der Waals surface area (Å²) in [6, 6.07) is 8.23. The van der Waals surface area contributed by atoms with Gasteiger partial charge in [0.05, 0.1) is 0 Å². The molecule has 0 aliphatic carbocycles. The van der Waals surface area contributed by atoms with Crippen molar-refractivity contribution in [3.05, 3.63) is 65.7 Å². The van der Waals surface area contributed by atoms with Crippen molar-refractivity contribution in [2.24, 2.45) is 0 Å². The van der Waals surface area contributed by atoms with Crippen molar-refractivity contribution in [2.75, 3.05) is 0 Å². The Morgan fingerprint density at radius 3 is 2.35 bits per heavy atom. The Hall–Kier alpha value is -2.27. The van der Waals surface area contributed by atoms with E-state index in [1.165, 1.54) is 41.1 Å². The van der Waals surface area contributed by atoms with Crippen molar-refractivity contribution in [2.45, 2.75) is 6.54 Å². The molecule has 2 aromatic rings. The fraction of sp³-hybridized carbons (Fsp3) is 0.0714. The van der Waals surface area contributed by atoms with E-state index in [0.717, 1.165) is 0 Å². The molecule has 0 atom stereocenters. The van der Waals surface area contributed by atoms with Crippen molar-refractivity contribution in [3.8, 4) is 0 Å². The van der Waals surface area contributed by atoms with Gasteiger partial charge in [-0.15, -0.1) is 0 Å². The molecule has 0 radical (unpaired) electrons. The molecule has 1 heterocycles. The van der Waals surface area contributed by atoms with Gasteiger partial charge in [0.1, 0.15) is 11.4 Å². The van der Waals surface area contributed by atoms with Crippen LogP contribution >= 0.6 is 0 Å². The number of nitrogens with zero attached hydrogens (tertiary/aromatic N) is 1. The van der Waals surface area contributed by atoms with Crippen LogP contribution in [0.3, 0.4) is 0 Å². The molecule has 0 saturated heterocycles. The van der Waals surface area contributed by atoms with Crippen LogP contribution in [0.1, 0.15) is 20.7 Å². The average molecular weight is 296 g/mol. The minimum atomic E-state index is -1.05. The molecule has 0 aliphatic heterocycles. The van der Waals surface area contributed by atoms with Crippen molar-refractivity contribution in [3.63, 3.8) is 0 Å². The molecule has 0 spiro atoms. The first-order chi connectivity index (χ1) is 9.06. The van der Waals surface area contributed by atoms with Gasteiger partial charge in [-0.05, 0) is 30.3 Å². The second kappa shape index (κ2) is 6.77. The number of hydrogen-bond donors (Lipinski definition) is 1. The monoisotopic (exact) mass is 295 g/mol. The predicted molar refractivity (Wildman–Crippen MR) is 64.3 cm³/mol. The summed E-state index contributed by atoms with van der Waals surface area (Å²) in [5, 5.41) is 8.85. The molecule has 2 rings (SSSR count). The van der Waals surface area contributed by atoms with Gasteiger partial charge in [0, 0.05) is 11.6 Å². The van der Waals surface area contributed by atoms with Gasteiger partial charge in [-0.25, -0.2) is 9.18 Å². The normalized spacial score (nSPS) is 9.65. The van der Waals surface area contributed by atoms with Crippen LogP contribution in [-0.4, -0.2) is 16.9 Å². The number of carboxylic acids is 1. The van der Waals surface area contributed by atoms with Crippen LogP contribution in [0, 0.1) is 5.82 Å². The number of rotatable bonds is 4. The molecule has 1 N–H and O–H groups in total. The van der Waals surface area contributed by atoms with E-state index >= 15 is 0 Å². The quantitative estimate of drug-likeness (QED) is 0.563. The Kier molecular flexibility index (Phi) is 5.34. The number of aromatic nitrogens is 1. The number of halogens is 2. The smallest absolute Gasteiger partial charge is 0.341 e. The lowest BCUT2D eigenvalue weighted by Crippen LogP contribution is -3.00. The maximum atomic E-state index is 12.7. The topological polar surface area (TPSA) is 58.2 Å². The molecule has 6 heteroatoms. The minimum absolute atomic E-state index is 0. The lowest BCUT2D eigenvalue weighted by molar-refractivity contribution is -0.683. The maximum Gasteiger partial charge on any atom is 0.341 e. The summed E-state index contributed by atoms with van der Waals surface area (Å²) in [5.74, 6) is -1.67. The Morgan fingerprint density at radius 1 is 1.10 bits per heavy atom. The fourth-order valence-corrected chi connectivity index (χ4v) is 1.64. The highest BCUT2D eigenvalue weighted by molar-refractivity contribution is 5.95. The summed E-state index contributed by atoms with van der Waals surface area (Å²) >= 11 is 0. The molecule has 1 aromatic heterocycles. The van der Waals surface area contributed by atoms with Crippen LogP contribution in [0.15, 0.2) is 48.8 Å². The molecule has 0 amide bonds. The molecule has 0 unspecified atom stereocenters. The molecule has 0 fully saturated rings. The number of hydrogen-bond acceptors (Lipinski definition) is 2. The molecule has 104 valence electrons. The number of ketones is 1. The van der Waals surface area contributed by atoms with Crippen molar-refractivity contribution >= 4 is 11.8 Å². The summed E-state index contributed by atoms with van der Waals surface area (Å²) in [6.45, 7) is 0.00670. The zero-order valence-electron chi connectivity index (χ0n) is 10.3. The Morgan fingerprint density at radius 2 is 1.75 bits per heavy atom. The third kappa shape index (κ3) is 3.86. The summed E-state index contributed by atoms with van der Waals surface area (Å²) in [6.07, 6.45) is 2.98. The van der Waals surface area contributed by atoms with E-state index in [4.69, 9.17) is 5.11 Å². The molecule has 0 saturated carbocycles. The van der Waals surface area contributed by atoms with Crippen LogP contribution in [0.4, 0.5) is 4.39 Å². The van der Waals surface area contributed by atoms with Gasteiger partial charge in [-0.1, -0.05) is 0 Å². The molecule has 0 aliphatic rings. The minimum Gasteiger partial charge on any atom is -1.00 e. The maximum absolute atomic E-state index is 12.7. The zero-order valence-corrected chi connectivity index (χ0v) is 11.0. The Balaban J connectivity index is 0.00000200. The molecule has 0 bridgehead atoms. The van der Waals surface area contributed by atoms with Gasteiger partial charge in [0.15, 0.2) is 12.4 Å². The van der Waals surface area contributed by atoms with Crippen LogP contribution in [-0.2, 0) is 6.54 Å². The number of carbonyl (C=O) groups excluding carboxylic acids is 1. The SMILES string of the molecule is O=C(O)c1ccc[n+](CC(=O)c2ccc(F)cc2)c1.[Cl-]. The number of aromatic carboxylic acids is 1. The summed E-state index contributed by atoms with van der Waals surface area (Å²) in [7, 11) is 0. The van der Waals surface area contributed by atoms with Gasteiger partial charge in [0.25, 0.3) is 0 Å². The van der Waals surface area contributed by atoms with Crippen molar-refractivity contribution < 1.29 is 36.1 Å². The number of carboxylic acid groups (broad SMARTS) is 1. The Bertz CT molecular complexity index is 629. The first-order valence-corrected chi connectivity index (χ1v) is 5.57. The summed E-state index contributed by atoms with van der Waals surface area (Å²) in [5.41, 5.74) is 0.490. The number of pyridine rings is 1. The van der Waals surface area contributed by atoms with E-state index < -0.39 is 11.8 Å². The van der Waals surface area contributed by atoms with Crippen molar-refractivity contribution in [1.29, 1.82) is 0 Å². The Labute approximate surface area is 120 Å². The molecular weight excluding hydrogens is 285 g/mol. The molecule has 4 nitrogen and oxygen atoms in total. The number of benzene rings is 1. The second-order valence-corrected chi connectivity index (χ2v) is 4.00. The average Bonchev–Trinajstić information content (AvgIpc) is 2.39. The third-order valence-electron chi connectivity index (χ3n) is 2.60. The lowest BCUT2D eigenvalue weighted by atomic mass is 10.1. The molecule has 20 heavy (non-hydrogen) atoms. The van der Waals surface area contributed by atoms with Gasteiger partial charge < -0.3 is 17.5 Å². The second-order valence-electron chi connectivity index (χ2n) is 4.00. The van der Waals surface area contributed by atoms with E-state index in [-0.39, 0.29) is 30.3 Å². The standard InChI is InChI=1S/C14H10FNO3.ClH/c15-12-5-3-10(4-6-12)13(17)9-16-7-1-2-11(8-16)14(18)19;/h1-8H,9H2;1H. The van der Waals surface area contributed by atoms with Gasteiger partial charge in [-0.2, -0.15) is 4.57 Å². The van der Waals surface area contributed by atoms with Gasteiger partial charge >= 0.3 is 5.97 Å². The highest BCUT2D eigenvalue weighted by Crippen LogP contribution is 2.04. The lowest BCUT2D eigenvalue weighted by Gasteiger charge is -1.99. The number of carbonyl (C=O) groups is 2. The third-order valence-corrected chi connectivity index (χ3v) is 2.60. The summed E-state index contributed by atoms with van der Waals surface area (Å²) in [4.78, 5) is 22.7. The highest BCUT2D eigenvalue weighted by atomic mass is 35.5. The molecule has 1 aromatic carbocycles. The van der Waals surface area contributed by atoms with Gasteiger partial charge in [-0.3, -0.25) is 4.79 Å². The predicted octanol–water partition coefficient (Wildman–Crippen LogP) is -1.30.